The topological polar surface area (TPSA) is 90.0 Å². The lowest BCUT2D eigenvalue weighted by molar-refractivity contribution is 0.0174. The number of urea groups is 1. The molecule has 170 valence electrons. The predicted octanol–water partition coefficient (Wildman–Crippen LogP) is 4.56. The number of aliphatic hydroxyl groups is 1. The molecule has 3 aromatic rings. The number of fused-ring (bicyclic) bond motifs is 1. The number of nitrogens with zero attached hydrogens (tertiary/aromatic N) is 1. The van der Waals surface area contributed by atoms with Crippen molar-refractivity contribution in [2.45, 2.75) is 63.1 Å². The highest BCUT2D eigenvalue weighted by Gasteiger charge is 2.26. The molecule has 32 heavy (non-hydrogen) atoms. The van der Waals surface area contributed by atoms with Gasteiger partial charge in [0.25, 0.3) is 5.92 Å². The van der Waals surface area contributed by atoms with Gasteiger partial charge in [0.1, 0.15) is 5.82 Å². The van der Waals surface area contributed by atoms with Gasteiger partial charge in [0, 0.05) is 18.5 Å². The lowest BCUT2D eigenvalue weighted by Crippen LogP contribution is -2.45. The summed E-state index contributed by atoms with van der Waals surface area (Å²) in [4.78, 5) is 20.6. The van der Waals surface area contributed by atoms with Crippen molar-refractivity contribution < 1.29 is 18.7 Å². The second-order valence-electron chi connectivity index (χ2n) is 8.60. The molecule has 4 rings (SSSR count). The van der Waals surface area contributed by atoms with Crippen LogP contribution in [0.3, 0.4) is 0 Å². The fourth-order valence-corrected chi connectivity index (χ4v) is 4.13. The number of amides is 2. The largest absolute Gasteiger partial charge is 0.393 e. The molecule has 1 heterocycles. The molecule has 6 nitrogen and oxygen atoms in total. The number of aliphatic hydroxyl groups excluding tert-OH is 1. The number of alkyl halides is 2. The van der Waals surface area contributed by atoms with Crippen LogP contribution in [0.2, 0.25) is 0 Å². The molecule has 8 heteroatoms. The molecule has 1 atom stereocenters. The van der Waals surface area contributed by atoms with Gasteiger partial charge in [0.2, 0.25) is 0 Å². The second kappa shape index (κ2) is 9.24. The molecule has 0 bridgehead atoms. The molecular weight excluding hydrogens is 414 g/mol. The van der Waals surface area contributed by atoms with Crippen LogP contribution in [0.5, 0.6) is 0 Å². The minimum absolute atomic E-state index is 0.0146. The first-order valence-electron chi connectivity index (χ1n) is 10.9. The molecule has 2 aromatic carbocycles. The first-order chi connectivity index (χ1) is 15.3. The smallest absolute Gasteiger partial charge is 0.315 e. The minimum Gasteiger partial charge on any atom is -0.393 e. The van der Waals surface area contributed by atoms with Crippen molar-refractivity contribution in [3.8, 4) is 0 Å². The number of hydrogen-bond acceptors (Lipinski definition) is 3. The second-order valence-corrected chi connectivity index (χ2v) is 8.60. The maximum absolute atomic E-state index is 13.6. The Bertz CT molecular complexity index is 1020. The fraction of sp³-hybridized carbons (Fsp3) is 0.417. The van der Waals surface area contributed by atoms with Gasteiger partial charge in [-0.25, -0.2) is 18.6 Å². The van der Waals surface area contributed by atoms with Crippen LogP contribution in [0.1, 0.15) is 55.6 Å². The Morgan fingerprint density at radius 1 is 1.16 bits per heavy atom. The van der Waals surface area contributed by atoms with Gasteiger partial charge in [-0.3, -0.25) is 0 Å². The number of aromatic nitrogens is 2. The van der Waals surface area contributed by atoms with Crippen LogP contribution in [-0.2, 0) is 12.3 Å². The highest BCUT2D eigenvalue weighted by molar-refractivity contribution is 5.76. The van der Waals surface area contributed by atoms with E-state index in [1.807, 2.05) is 24.3 Å². The Morgan fingerprint density at radius 2 is 1.84 bits per heavy atom. The summed E-state index contributed by atoms with van der Waals surface area (Å²) < 4.78 is 27.1. The Hall–Kier alpha value is -3.00. The van der Waals surface area contributed by atoms with Crippen molar-refractivity contribution in [3.63, 3.8) is 0 Å². The van der Waals surface area contributed by atoms with Crippen LogP contribution in [0.15, 0.2) is 48.5 Å². The number of carbonyl (C=O) groups excluding carboxylic acids is 1. The molecule has 1 aromatic heterocycles. The molecular formula is C24H28F2N4O2. The van der Waals surface area contributed by atoms with Gasteiger partial charge < -0.3 is 20.7 Å². The van der Waals surface area contributed by atoms with Crippen LogP contribution in [0.4, 0.5) is 13.6 Å². The number of nitrogens with one attached hydrogen (secondary N) is 3. The van der Waals surface area contributed by atoms with Crippen molar-refractivity contribution in [1.82, 2.24) is 20.6 Å². The normalized spacial score (nSPS) is 20.1. The molecule has 0 spiro atoms. The van der Waals surface area contributed by atoms with Gasteiger partial charge in [-0.05, 0) is 49.8 Å². The molecule has 0 saturated heterocycles. The minimum atomic E-state index is -2.90. The van der Waals surface area contributed by atoms with E-state index in [4.69, 9.17) is 0 Å². The third kappa shape index (κ3) is 5.43. The number of aromatic amines is 1. The summed E-state index contributed by atoms with van der Waals surface area (Å²) in [5.41, 5.74) is 2.41. The molecule has 4 N–H and O–H groups in total. The maximum atomic E-state index is 13.6. The predicted molar refractivity (Wildman–Crippen MR) is 118 cm³/mol. The monoisotopic (exact) mass is 442 g/mol. The van der Waals surface area contributed by atoms with Crippen LogP contribution in [-0.4, -0.2) is 33.3 Å². The van der Waals surface area contributed by atoms with Crippen molar-refractivity contribution in [1.29, 1.82) is 0 Å². The van der Waals surface area contributed by atoms with Crippen LogP contribution < -0.4 is 10.6 Å². The summed E-state index contributed by atoms with van der Waals surface area (Å²) in [6.45, 7) is 0.870. The van der Waals surface area contributed by atoms with E-state index in [0.717, 1.165) is 36.4 Å². The van der Waals surface area contributed by atoms with Crippen LogP contribution >= 0.6 is 0 Å². The van der Waals surface area contributed by atoms with Gasteiger partial charge in [-0.2, -0.15) is 0 Å². The quantitative estimate of drug-likeness (QED) is 0.451. The lowest BCUT2D eigenvalue weighted by Gasteiger charge is -2.27. The molecule has 1 saturated carbocycles. The number of hydrogen-bond donors (Lipinski definition) is 4. The molecule has 1 aliphatic carbocycles. The molecule has 0 radical (unpaired) electrons. The Balaban J connectivity index is 1.52. The number of halogens is 2. The fourth-order valence-electron chi connectivity index (χ4n) is 4.13. The van der Waals surface area contributed by atoms with Crippen molar-refractivity contribution >= 4 is 17.1 Å². The van der Waals surface area contributed by atoms with Crippen LogP contribution in [0, 0.1) is 0 Å². The van der Waals surface area contributed by atoms with Crippen molar-refractivity contribution in [2.24, 2.45) is 0 Å². The summed E-state index contributed by atoms with van der Waals surface area (Å²) in [5.74, 6) is -2.30. The zero-order chi connectivity index (χ0) is 22.7. The van der Waals surface area contributed by atoms with E-state index >= 15 is 0 Å². The lowest BCUT2D eigenvalue weighted by atomic mass is 9.93. The van der Waals surface area contributed by atoms with Gasteiger partial charge in [-0.15, -0.1) is 0 Å². The standard InChI is InChI=1S/C24H28F2N4O2/c1-24(25,26)16-8-6-15(7-9-16)14-21(22-28-19-4-2-3-5-20(19)29-22)30-23(32)27-17-10-12-18(31)13-11-17/h2-9,17-18,21,31H,10-14H2,1H3,(H,28,29)(H2,27,30,32). The summed E-state index contributed by atoms with van der Waals surface area (Å²) in [7, 11) is 0. The molecule has 1 unspecified atom stereocenters. The average molecular weight is 443 g/mol. The highest BCUT2D eigenvalue weighted by Crippen LogP contribution is 2.28. The van der Waals surface area contributed by atoms with Gasteiger partial charge in [0.05, 0.1) is 23.2 Å². The van der Waals surface area contributed by atoms with Gasteiger partial charge in [-0.1, -0.05) is 36.4 Å². The van der Waals surface area contributed by atoms with E-state index in [0.29, 0.717) is 25.1 Å². The number of H-pyrrole nitrogens is 1. The first-order valence-corrected chi connectivity index (χ1v) is 10.9. The number of imidazole rings is 1. The van der Waals surface area contributed by atoms with Crippen LogP contribution in [0.25, 0.3) is 11.0 Å². The number of carbonyl (C=O) groups is 1. The number of benzene rings is 2. The van der Waals surface area contributed by atoms with Gasteiger partial charge in [0.15, 0.2) is 0 Å². The zero-order valence-corrected chi connectivity index (χ0v) is 17.9. The maximum Gasteiger partial charge on any atom is 0.315 e. The van der Waals surface area contributed by atoms with Gasteiger partial charge >= 0.3 is 6.03 Å². The summed E-state index contributed by atoms with van der Waals surface area (Å²) in [6, 6.07) is 13.0. The average Bonchev–Trinajstić information content (AvgIpc) is 3.19. The highest BCUT2D eigenvalue weighted by atomic mass is 19.3. The molecule has 0 aliphatic heterocycles. The van der Waals surface area contributed by atoms with E-state index in [1.165, 1.54) is 12.1 Å². The summed E-state index contributed by atoms with van der Waals surface area (Å²) in [6.07, 6.45) is 2.91. The third-order valence-electron chi connectivity index (χ3n) is 5.98. The van der Waals surface area contributed by atoms with E-state index in [9.17, 15) is 18.7 Å². The van der Waals surface area contributed by atoms with E-state index in [1.54, 1.807) is 12.1 Å². The number of rotatable bonds is 6. The Kier molecular flexibility index (Phi) is 6.41. The molecule has 2 amide bonds. The first kappa shape index (κ1) is 22.2. The molecule has 1 fully saturated rings. The molecule has 1 aliphatic rings. The van der Waals surface area contributed by atoms with Crippen molar-refractivity contribution in [3.05, 3.63) is 65.5 Å². The van der Waals surface area contributed by atoms with E-state index in [-0.39, 0.29) is 23.7 Å². The van der Waals surface area contributed by atoms with Crippen molar-refractivity contribution in [2.75, 3.05) is 0 Å². The Labute approximate surface area is 185 Å². The Morgan fingerprint density at radius 3 is 2.50 bits per heavy atom. The zero-order valence-electron chi connectivity index (χ0n) is 17.9. The van der Waals surface area contributed by atoms with E-state index in [2.05, 4.69) is 20.6 Å². The SMILES string of the molecule is CC(F)(F)c1ccc(CC(NC(=O)NC2CCC(O)CC2)c2nc3ccccc3[nH]2)cc1. The number of para-hydroxylation sites is 2. The van der Waals surface area contributed by atoms with E-state index < -0.39 is 12.0 Å². The summed E-state index contributed by atoms with van der Waals surface area (Å²) >= 11 is 0. The summed E-state index contributed by atoms with van der Waals surface area (Å²) in [5, 5.41) is 15.6. The third-order valence-corrected chi connectivity index (χ3v) is 5.98.